The Kier molecular flexibility index (Phi) is 2.54. The molecule has 1 aromatic heterocycles. The number of nitrogens with two attached hydrogens (primary N) is 1. The molecular formula is C14H21N3S. The zero-order chi connectivity index (χ0) is 12.3. The fourth-order valence-corrected chi connectivity index (χ4v) is 5.75. The van der Waals surface area contributed by atoms with Crippen molar-refractivity contribution in [3.63, 3.8) is 0 Å². The molecule has 2 bridgehead atoms. The zero-order valence-corrected chi connectivity index (χ0v) is 11.6. The predicted molar refractivity (Wildman–Crippen MR) is 73.0 cm³/mol. The van der Waals surface area contributed by atoms with Crippen LogP contribution in [0.2, 0.25) is 0 Å². The first-order valence-corrected chi connectivity index (χ1v) is 8.03. The molecule has 4 heteroatoms. The SMILES string of the molecule is Cc1csc(CC(NN)C2C3C4CCC(C4)C32)n1. The van der Waals surface area contributed by atoms with E-state index >= 15 is 0 Å². The van der Waals surface area contributed by atoms with Gasteiger partial charge in [-0.05, 0) is 55.8 Å². The molecule has 3 saturated carbocycles. The second-order valence-electron chi connectivity index (χ2n) is 6.43. The van der Waals surface area contributed by atoms with Crippen LogP contribution >= 0.6 is 11.3 Å². The normalized spacial score (nSPS) is 42.0. The average molecular weight is 263 g/mol. The topological polar surface area (TPSA) is 50.9 Å². The maximum atomic E-state index is 5.81. The summed E-state index contributed by atoms with van der Waals surface area (Å²) in [7, 11) is 0. The van der Waals surface area contributed by atoms with E-state index in [0.717, 1.165) is 41.7 Å². The summed E-state index contributed by atoms with van der Waals surface area (Å²) in [5.41, 5.74) is 4.23. The molecule has 3 fully saturated rings. The number of nitrogens with zero attached hydrogens (tertiary/aromatic N) is 1. The summed E-state index contributed by atoms with van der Waals surface area (Å²) in [5.74, 6) is 10.7. The molecule has 0 aliphatic heterocycles. The second-order valence-corrected chi connectivity index (χ2v) is 7.37. The van der Waals surface area contributed by atoms with Crippen LogP contribution in [0.5, 0.6) is 0 Å². The van der Waals surface area contributed by atoms with Crippen LogP contribution in [0.3, 0.4) is 0 Å². The molecular weight excluding hydrogens is 242 g/mol. The number of nitrogens with one attached hydrogen (secondary N) is 1. The summed E-state index contributed by atoms with van der Waals surface area (Å²) in [6.07, 6.45) is 5.50. The molecule has 3 aliphatic carbocycles. The monoisotopic (exact) mass is 263 g/mol. The van der Waals surface area contributed by atoms with Crippen molar-refractivity contribution in [1.82, 2.24) is 10.4 Å². The van der Waals surface area contributed by atoms with Crippen LogP contribution in [0, 0.1) is 36.5 Å². The minimum atomic E-state index is 0.453. The number of rotatable bonds is 4. The molecule has 0 spiro atoms. The van der Waals surface area contributed by atoms with Gasteiger partial charge in [-0.15, -0.1) is 11.3 Å². The van der Waals surface area contributed by atoms with Crippen molar-refractivity contribution in [2.75, 3.05) is 0 Å². The third-order valence-electron chi connectivity index (χ3n) is 5.53. The molecule has 1 heterocycles. The van der Waals surface area contributed by atoms with E-state index in [1.54, 1.807) is 11.3 Å². The number of hydrogen-bond acceptors (Lipinski definition) is 4. The van der Waals surface area contributed by atoms with Gasteiger partial charge in [-0.2, -0.15) is 0 Å². The van der Waals surface area contributed by atoms with Crippen molar-refractivity contribution in [3.8, 4) is 0 Å². The molecule has 5 unspecified atom stereocenters. The highest BCUT2D eigenvalue weighted by Crippen LogP contribution is 2.70. The molecule has 0 amide bonds. The molecule has 4 rings (SSSR count). The first-order valence-electron chi connectivity index (χ1n) is 7.15. The quantitative estimate of drug-likeness (QED) is 0.646. The summed E-state index contributed by atoms with van der Waals surface area (Å²) in [5, 5.41) is 3.38. The van der Waals surface area contributed by atoms with Gasteiger partial charge in [0.15, 0.2) is 0 Å². The largest absolute Gasteiger partial charge is 0.271 e. The van der Waals surface area contributed by atoms with E-state index in [9.17, 15) is 0 Å². The van der Waals surface area contributed by atoms with E-state index in [1.807, 2.05) is 0 Å². The van der Waals surface area contributed by atoms with Crippen molar-refractivity contribution in [2.45, 2.75) is 38.6 Å². The molecule has 1 aromatic rings. The molecule has 3 nitrogen and oxygen atoms in total. The van der Waals surface area contributed by atoms with Gasteiger partial charge < -0.3 is 0 Å². The molecule has 3 aliphatic rings. The Morgan fingerprint density at radius 2 is 2.17 bits per heavy atom. The fraction of sp³-hybridized carbons (Fsp3) is 0.786. The average Bonchev–Trinajstić information content (AvgIpc) is 2.71. The van der Waals surface area contributed by atoms with Gasteiger partial charge in [0, 0.05) is 23.5 Å². The van der Waals surface area contributed by atoms with Crippen LogP contribution in [-0.4, -0.2) is 11.0 Å². The van der Waals surface area contributed by atoms with Gasteiger partial charge in [0.25, 0.3) is 0 Å². The first-order chi connectivity index (χ1) is 8.78. The lowest BCUT2D eigenvalue weighted by atomic mass is 9.96. The minimum absolute atomic E-state index is 0.453. The third kappa shape index (κ3) is 1.59. The second kappa shape index (κ2) is 4.02. The highest BCUT2D eigenvalue weighted by atomic mass is 32.1. The highest BCUT2D eigenvalue weighted by Gasteiger charge is 2.66. The molecule has 18 heavy (non-hydrogen) atoms. The van der Waals surface area contributed by atoms with E-state index in [-0.39, 0.29) is 0 Å². The summed E-state index contributed by atoms with van der Waals surface area (Å²) in [6.45, 7) is 2.07. The van der Waals surface area contributed by atoms with Gasteiger partial charge >= 0.3 is 0 Å². The molecule has 0 aromatic carbocycles. The summed E-state index contributed by atoms with van der Waals surface area (Å²) >= 11 is 1.78. The lowest BCUT2D eigenvalue weighted by Gasteiger charge is -2.18. The maximum Gasteiger partial charge on any atom is 0.0944 e. The maximum absolute atomic E-state index is 5.81. The van der Waals surface area contributed by atoms with Crippen molar-refractivity contribution in [1.29, 1.82) is 0 Å². The van der Waals surface area contributed by atoms with Crippen molar-refractivity contribution in [2.24, 2.45) is 35.4 Å². The van der Waals surface area contributed by atoms with Gasteiger partial charge in [-0.25, -0.2) is 4.98 Å². The number of hydrogen-bond donors (Lipinski definition) is 2. The Morgan fingerprint density at radius 1 is 1.44 bits per heavy atom. The molecule has 0 saturated heterocycles. The van der Waals surface area contributed by atoms with E-state index in [0.29, 0.717) is 6.04 Å². The molecule has 5 atom stereocenters. The Bertz CT molecular complexity index is 442. The van der Waals surface area contributed by atoms with Gasteiger partial charge in [0.2, 0.25) is 0 Å². The lowest BCUT2D eigenvalue weighted by Crippen LogP contribution is -2.40. The summed E-state index contributed by atoms with van der Waals surface area (Å²) < 4.78 is 0. The standard InChI is InChI=1S/C14H21N3S/c1-7-6-18-11(16-7)5-10(17-15)14-12-8-2-3-9(4-8)13(12)14/h6,8-10,12-14,17H,2-5,15H2,1H3. The molecule has 3 N–H and O–H groups in total. The molecule has 0 radical (unpaired) electrons. The van der Waals surface area contributed by atoms with Crippen LogP contribution in [0.1, 0.15) is 30.0 Å². The number of hydrazine groups is 1. The number of aromatic nitrogens is 1. The van der Waals surface area contributed by atoms with Crippen molar-refractivity contribution < 1.29 is 0 Å². The van der Waals surface area contributed by atoms with Crippen LogP contribution in [0.15, 0.2) is 5.38 Å². The lowest BCUT2D eigenvalue weighted by molar-refractivity contribution is 0.364. The van der Waals surface area contributed by atoms with E-state index < -0.39 is 0 Å². The van der Waals surface area contributed by atoms with Crippen LogP contribution in [0.25, 0.3) is 0 Å². The van der Waals surface area contributed by atoms with Gasteiger partial charge in [-0.3, -0.25) is 11.3 Å². The van der Waals surface area contributed by atoms with Gasteiger partial charge in [-0.1, -0.05) is 0 Å². The van der Waals surface area contributed by atoms with Gasteiger partial charge in [0.1, 0.15) is 0 Å². The smallest absolute Gasteiger partial charge is 0.0944 e. The fourth-order valence-electron chi connectivity index (χ4n) is 4.92. The third-order valence-corrected chi connectivity index (χ3v) is 6.52. The predicted octanol–water partition coefficient (Wildman–Crippen LogP) is 2.12. The highest BCUT2D eigenvalue weighted by molar-refractivity contribution is 7.09. The van der Waals surface area contributed by atoms with E-state index in [1.165, 1.54) is 24.3 Å². The first kappa shape index (κ1) is 11.4. The Labute approximate surface area is 112 Å². The molecule has 98 valence electrons. The van der Waals surface area contributed by atoms with Crippen LogP contribution in [-0.2, 0) is 6.42 Å². The number of aryl methyl sites for hydroxylation is 1. The van der Waals surface area contributed by atoms with Gasteiger partial charge in [0.05, 0.1) is 5.01 Å². The Hall–Kier alpha value is -0.450. The van der Waals surface area contributed by atoms with E-state index in [4.69, 9.17) is 5.84 Å². The van der Waals surface area contributed by atoms with Crippen LogP contribution in [0.4, 0.5) is 0 Å². The van der Waals surface area contributed by atoms with Crippen molar-refractivity contribution in [3.05, 3.63) is 16.1 Å². The van der Waals surface area contributed by atoms with E-state index in [2.05, 4.69) is 22.7 Å². The number of fused-ring (bicyclic) bond motifs is 5. The Balaban J connectivity index is 1.47. The summed E-state index contributed by atoms with van der Waals surface area (Å²) in [6, 6.07) is 0.453. The summed E-state index contributed by atoms with van der Waals surface area (Å²) in [4.78, 5) is 4.58. The minimum Gasteiger partial charge on any atom is -0.271 e. The number of thiazole rings is 1. The van der Waals surface area contributed by atoms with Crippen molar-refractivity contribution >= 4 is 11.3 Å². The Morgan fingerprint density at radius 3 is 2.72 bits per heavy atom. The van der Waals surface area contributed by atoms with Crippen LogP contribution < -0.4 is 11.3 Å². The zero-order valence-electron chi connectivity index (χ0n) is 10.8.